The zero-order chi connectivity index (χ0) is 20.7. The summed E-state index contributed by atoms with van der Waals surface area (Å²) in [6.07, 6.45) is 5.47. The standard InChI is InChI=1S/C23H28N4OS2/c1-14-4-9-18-19(10-14)30-23-20(18)22(25-13-26-23)29-12-17-11-24-21(28-17)15-5-7-16(8-6-15)27(2)3/h5-8,13-14,17,21,24H,4,9-12H2,1-3H3/t14-,17-,21-/m1/s1. The zero-order valence-electron chi connectivity index (χ0n) is 17.7. The van der Waals surface area contributed by atoms with Crippen LogP contribution in [0.15, 0.2) is 35.6 Å². The van der Waals surface area contributed by atoms with Crippen LogP contribution in [-0.4, -0.2) is 42.5 Å². The van der Waals surface area contributed by atoms with Crippen LogP contribution in [0.4, 0.5) is 5.69 Å². The summed E-state index contributed by atoms with van der Waals surface area (Å²) in [4.78, 5) is 14.0. The molecule has 1 fully saturated rings. The van der Waals surface area contributed by atoms with Crippen LogP contribution in [-0.2, 0) is 17.6 Å². The number of hydrogen-bond donors (Lipinski definition) is 1. The molecule has 5 nitrogen and oxygen atoms in total. The number of thioether (sulfide) groups is 1. The van der Waals surface area contributed by atoms with Crippen LogP contribution in [0.5, 0.6) is 0 Å². The third-order valence-corrected chi connectivity index (χ3v) is 8.32. The maximum absolute atomic E-state index is 6.30. The van der Waals surface area contributed by atoms with Crippen molar-refractivity contribution in [3.63, 3.8) is 0 Å². The van der Waals surface area contributed by atoms with Crippen molar-refractivity contribution in [1.82, 2.24) is 15.3 Å². The van der Waals surface area contributed by atoms with E-state index in [-0.39, 0.29) is 12.3 Å². The number of hydrogen-bond acceptors (Lipinski definition) is 7. The predicted octanol–water partition coefficient (Wildman–Crippen LogP) is 4.66. The first-order chi connectivity index (χ1) is 14.6. The van der Waals surface area contributed by atoms with E-state index >= 15 is 0 Å². The molecule has 5 rings (SSSR count). The van der Waals surface area contributed by atoms with Gasteiger partial charge in [0.15, 0.2) is 0 Å². The Kier molecular flexibility index (Phi) is 5.71. The van der Waals surface area contributed by atoms with Gasteiger partial charge >= 0.3 is 0 Å². The molecule has 0 saturated carbocycles. The highest BCUT2D eigenvalue weighted by molar-refractivity contribution is 7.99. The first kappa shape index (κ1) is 20.2. The Morgan fingerprint density at radius 2 is 2.07 bits per heavy atom. The van der Waals surface area contributed by atoms with E-state index in [1.54, 1.807) is 6.33 Å². The molecular formula is C23H28N4OS2. The number of fused-ring (bicyclic) bond motifs is 3. The van der Waals surface area contributed by atoms with Gasteiger partial charge in [0.25, 0.3) is 0 Å². The summed E-state index contributed by atoms with van der Waals surface area (Å²) in [5.41, 5.74) is 3.88. The molecule has 1 aromatic carbocycles. The van der Waals surface area contributed by atoms with Crippen LogP contribution >= 0.6 is 23.1 Å². The zero-order valence-corrected chi connectivity index (χ0v) is 19.4. The van der Waals surface area contributed by atoms with Gasteiger partial charge in [-0.2, -0.15) is 0 Å². The lowest BCUT2D eigenvalue weighted by atomic mass is 9.89. The average Bonchev–Trinajstić information content (AvgIpc) is 3.36. The van der Waals surface area contributed by atoms with Crippen molar-refractivity contribution in [3.05, 3.63) is 46.6 Å². The third-order valence-electron chi connectivity index (χ3n) is 6.03. The molecule has 0 amide bonds. The number of thiophene rings is 1. The number of aromatic nitrogens is 2. The highest BCUT2D eigenvalue weighted by atomic mass is 32.2. The lowest BCUT2D eigenvalue weighted by Gasteiger charge is -2.18. The van der Waals surface area contributed by atoms with Crippen LogP contribution < -0.4 is 10.2 Å². The molecule has 2 aromatic heterocycles. The summed E-state index contributed by atoms with van der Waals surface area (Å²) >= 11 is 3.68. The molecular weight excluding hydrogens is 412 g/mol. The molecule has 7 heteroatoms. The molecule has 158 valence electrons. The molecule has 1 aliphatic heterocycles. The number of aryl methyl sites for hydroxylation is 1. The number of nitrogens with zero attached hydrogens (tertiary/aromatic N) is 3. The van der Waals surface area contributed by atoms with Crippen LogP contribution in [0.2, 0.25) is 0 Å². The van der Waals surface area contributed by atoms with Gasteiger partial charge in [0.05, 0.1) is 6.10 Å². The second-order valence-electron chi connectivity index (χ2n) is 8.55. The van der Waals surface area contributed by atoms with E-state index in [9.17, 15) is 0 Å². The number of benzene rings is 1. The van der Waals surface area contributed by atoms with Crippen molar-refractivity contribution >= 4 is 39.0 Å². The highest BCUT2D eigenvalue weighted by Gasteiger charge is 2.27. The fraction of sp³-hybridized carbons (Fsp3) is 0.478. The summed E-state index contributed by atoms with van der Waals surface area (Å²) in [6, 6.07) is 8.57. The van der Waals surface area contributed by atoms with Crippen molar-refractivity contribution < 1.29 is 4.74 Å². The van der Waals surface area contributed by atoms with Gasteiger partial charge in [-0.25, -0.2) is 9.97 Å². The molecule has 0 spiro atoms. The predicted molar refractivity (Wildman–Crippen MR) is 126 cm³/mol. The molecule has 0 unspecified atom stereocenters. The lowest BCUT2D eigenvalue weighted by Crippen LogP contribution is -2.17. The van der Waals surface area contributed by atoms with E-state index in [4.69, 9.17) is 4.74 Å². The Morgan fingerprint density at radius 1 is 1.23 bits per heavy atom. The normalized spacial score (nSPS) is 23.6. The minimum Gasteiger partial charge on any atom is -0.378 e. The Balaban J connectivity index is 1.26. The van der Waals surface area contributed by atoms with Crippen LogP contribution in [0.1, 0.15) is 35.6 Å². The molecule has 30 heavy (non-hydrogen) atoms. The van der Waals surface area contributed by atoms with Crippen molar-refractivity contribution in [1.29, 1.82) is 0 Å². The molecule has 0 bridgehead atoms. The van der Waals surface area contributed by atoms with E-state index < -0.39 is 0 Å². The lowest BCUT2D eigenvalue weighted by molar-refractivity contribution is 0.0535. The first-order valence-electron chi connectivity index (χ1n) is 10.6. The van der Waals surface area contributed by atoms with Crippen molar-refractivity contribution in [2.45, 2.75) is 43.5 Å². The minimum atomic E-state index is -0.0346. The SMILES string of the molecule is C[C@@H]1CCc2c(sc3ncnc(SC[C@H]4CN[C@@H](c5ccc(N(C)C)cc5)O4)c23)C1. The monoisotopic (exact) mass is 440 g/mol. The van der Waals surface area contributed by atoms with Gasteiger partial charge in [-0.15, -0.1) is 23.1 Å². The summed E-state index contributed by atoms with van der Waals surface area (Å²) in [5, 5.41) is 5.94. The molecule has 1 aliphatic carbocycles. The molecule has 1 N–H and O–H groups in total. The highest BCUT2D eigenvalue weighted by Crippen LogP contribution is 2.41. The van der Waals surface area contributed by atoms with E-state index in [0.29, 0.717) is 0 Å². The van der Waals surface area contributed by atoms with Gasteiger partial charge < -0.3 is 9.64 Å². The van der Waals surface area contributed by atoms with Gasteiger partial charge in [0, 0.05) is 42.3 Å². The van der Waals surface area contributed by atoms with Gasteiger partial charge in [-0.1, -0.05) is 19.1 Å². The number of rotatable bonds is 5. The van der Waals surface area contributed by atoms with Crippen molar-refractivity contribution in [2.75, 3.05) is 31.3 Å². The first-order valence-corrected chi connectivity index (χ1v) is 12.4. The summed E-state index contributed by atoms with van der Waals surface area (Å²) < 4.78 is 6.30. The van der Waals surface area contributed by atoms with Crippen molar-refractivity contribution in [2.24, 2.45) is 5.92 Å². The van der Waals surface area contributed by atoms with Crippen molar-refractivity contribution in [3.8, 4) is 0 Å². The van der Waals surface area contributed by atoms with Crippen LogP contribution in [0.3, 0.4) is 0 Å². The number of ether oxygens (including phenoxy) is 1. The van der Waals surface area contributed by atoms with Gasteiger partial charge in [-0.05, 0) is 48.4 Å². The Bertz CT molecular complexity index is 1030. The third kappa shape index (κ3) is 3.96. The smallest absolute Gasteiger partial charge is 0.134 e. The fourth-order valence-electron chi connectivity index (χ4n) is 4.30. The largest absolute Gasteiger partial charge is 0.378 e. The van der Waals surface area contributed by atoms with E-state index in [0.717, 1.165) is 34.5 Å². The quantitative estimate of drug-likeness (QED) is 0.460. The molecule has 2 aliphatic rings. The van der Waals surface area contributed by atoms with E-state index in [2.05, 4.69) is 65.5 Å². The number of anilines is 1. The van der Waals surface area contributed by atoms with Gasteiger partial charge in [-0.3, -0.25) is 5.32 Å². The molecule has 3 heterocycles. The van der Waals surface area contributed by atoms with Crippen LogP contribution in [0.25, 0.3) is 10.2 Å². The average molecular weight is 441 g/mol. The second-order valence-corrected chi connectivity index (χ2v) is 10.6. The second kappa shape index (κ2) is 8.46. The summed E-state index contributed by atoms with van der Waals surface area (Å²) in [6.45, 7) is 3.21. The Hall–Kier alpha value is -1.67. The topological polar surface area (TPSA) is 50.3 Å². The van der Waals surface area contributed by atoms with Crippen LogP contribution in [0, 0.1) is 5.92 Å². The van der Waals surface area contributed by atoms with Gasteiger partial charge in [0.1, 0.15) is 22.4 Å². The van der Waals surface area contributed by atoms with Gasteiger partial charge in [0.2, 0.25) is 0 Å². The fourth-order valence-corrected chi connectivity index (χ4v) is 6.74. The summed E-state index contributed by atoms with van der Waals surface area (Å²) in [7, 11) is 4.11. The molecule has 3 atom stereocenters. The molecule has 3 aromatic rings. The minimum absolute atomic E-state index is 0.0346. The van der Waals surface area contributed by atoms with E-state index in [1.165, 1.54) is 39.9 Å². The maximum atomic E-state index is 6.30. The Labute approximate surface area is 186 Å². The summed E-state index contributed by atoms with van der Waals surface area (Å²) in [5.74, 6) is 1.67. The maximum Gasteiger partial charge on any atom is 0.134 e. The molecule has 1 saturated heterocycles. The molecule has 0 radical (unpaired) electrons. The number of nitrogens with one attached hydrogen (secondary N) is 1. The van der Waals surface area contributed by atoms with E-state index in [1.807, 2.05) is 23.1 Å². The Morgan fingerprint density at radius 3 is 2.87 bits per heavy atom.